The van der Waals surface area contributed by atoms with Crippen molar-refractivity contribution in [1.29, 1.82) is 0 Å². The van der Waals surface area contributed by atoms with Crippen LogP contribution >= 0.6 is 0 Å². The van der Waals surface area contributed by atoms with Crippen molar-refractivity contribution in [1.82, 2.24) is 19.1 Å². The van der Waals surface area contributed by atoms with Gasteiger partial charge in [-0.25, -0.2) is 13.1 Å². The smallest absolute Gasteiger partial charge is 0.264 e. The number of aromatic nitrogens is 1. The van der Waals surface area contributed by atoms with Crippen LogP contribution in [0.4, 0.5) is 0 Å². The molecule has 6 aliphatic rings. The molecule has 10 heteroatoms. The van der Waals surface area contributed by atoms with E-state index in [0.29, 0.717) is 36.0 Å². The van der Waals surface area contributed by atoms with Crippen LogP contribution in [0.5, 0.6) is 5.75 Å². The Labute approximate surface area is 289 Å². The van der Waals surface area contributed by atoms with E-state index in [2.05, 4.69) is 38.3 Å². The fourth-order valence-electron chi connectivity index (χ4n) is 10.8. The van der Waals surface area contributed by atoms with E-state index in [9.17, 15) is 13.2 Å². The molecule has 49 heavy (non-hydrogen) atoms. The lowest BCUT2D eigenvalue weighted by molar-refractivity contribution is -0.146. The van der Waals surface area contributed by atoms with Crippen LogP contribution in [0.2, 0.25) is 0 Å². The summed E-state index contributed by atoms with van der Waals surface area (Å²) in [6.45, 7) is 3.67. The molecule has 2 aromatic carbocycles. The second-order valence-electron chi connectivity index (χ2n) is 16.1. The highest BCUT2D eigenvalue weighted by Crippen LogP contribution is 2.67. The summed E-state index contributed by atoms with van der Waals surface area (Å²) in [4.78, 5) is 33.7. The predicted molar refractivity (Wildman–Crippen MR) is 189 cm³/mol. The van der Waals surface area contributed by atoms with Gasteiger partial charge in [0.05, 0.1) is 23.5 Å². The third-order valence-corrected chi connectivity index (χ3v) is 15.2. The lowest BCUT2D eigenvalue weighted by atomic mass is 9.81. The number of fused-ring (bicyclic) bond motifs is 13. The second kappa shape index (κ2) is 11.1. The predicted octanol–water partition coefficient (Wildman–Crippen LogP) is 6.16. The number of methoxy groups -OCH3 is 1. The first-order chi connectivity index (χ1) is 23.5. The van der Waals surface area contributed by atoms with Gasteiger partial charge in [-0.05, 0) is 113 Å². The fourth-order valence-corrected chi connectivity index (χ4v) is 11.4. The second-order valence-corrected chi connectivity index (χ2v) is 18.3. The summed E-state index contributed by atoms with van der Waals surface area (Å²) >= 11 is 0. The van der Waals surface area contributed by atoms with Crippen molar-refractivity contribution < 1.29 is 22.7 Å². The monoisotopic (exact) mass is 684 g/mol. The number of piperazine rings is 1. The van der Waals surface area contributed by atoms with Crippen molar-refractivity contribution >= 4 is 32.7 Å². The molecule has 0 spiro atoms. The Hall–Kier alpha value is -3.37. The maximum atomic E-state index is 15.3. The summed E-state index contributed by atoms with van der Waals surface area (Å²) < 4.78 is 35.8. The van der Waals surface area contributed by atoms with E-state index >= 15 is 4.79 Å². The zero-order chi connectivity index (χ0) is 34.0. The number of nitrogens with zero attached hydrogens (tertiary/aromatic N) is 3. The summed E-state index contributed by atoms with van der Waals surface area (Å²) in [5, 5.41) is 0.375. The van der Waals surface area contributed by atoms with Crippen molar-refractivity contribution in [3.05, 3.63) is 53.1 Å². The average molecular weight is 685 g/mol. The molecule has 1 aromatic heterocycles. The van der Waals surface area contributed by atoms with Crippen LogP contribution in [0.3, 0.4) is 0 Å². The maximum absolute atomic E-state index is 15.3. The van der Waals surface area contributed by atoms with Crippen LogP contribution in [-0.4, -0.2) is 78.2 Å². The van der Waals surface area contributed by atoms with Gasteiger partial charge in [0.2, 0.25) is 15.9 Å². The van der Waals surface area contributed by atoms with E-state index in [1.54, 1.807) is 27.0 Å². The van der Waals surface area contributed by atoms with Crippen molar-refractivity contribution in [3.8, 4) is 17.0 Å². The number of carbonyl (C=O) groups is 2. The molecule has 3 saturated heterocycles. The summed E-state index contributed by atoms with van der Waals surface area (Å²) in [6.07, 6.45) is 11.1. The molecule has 5 fully saturated rings. The Morgan fingerprint density at radius 3 is 2.29 bits per heavy atom. The number of hydrogen-bond acceptors (Lipinski definition) is 6. The molecule has 5 heterocycles. The Bertz CT molecular complexity index is 1980. The van der Waals surface area contributed by atoms with E-state index in [4.69, 9.17) is 4.74 Å². The number of carbonyl (C=O) groups excluding carboxylic acids is 2. The molecule has 1 N–H and O–H groups in total. The number of amides is 2. The molecular formula is C39H48N4O5S. The molecule has 4 bridgehead atoms. The Balaban J connectivity index is 1.23. The SMILES string of the molecule is COc1ccc2c(c1)[C@@H]1C[C@]1(C(=O)N1C3CCC1C1CCC3N1C)Cn1c-2c(C2CCCCC2)c2ccc(C(=O)NS(=O)(=O)C(C)C)cc21. The largest absolute Gasteiger partial charge is 0.497 e. The Morgan fingerprint density at radius 1 is 0.918 bits per heavy atom. The molecule has 4 unspecified atom stereocenters. The van der Waals surface area contributed by atoms with Gasteiger partial charge in [0.25, 0.3) is 5.91 Å². The maximum Gasteiger partial charge on any atom is 0.264 e. The molecule has 2 amide bonds. The molecular weight excluding hydrogens is 637 g/mol. The van der Waals surface area contributed by atoms with Crippen LogP contribution in [0.1, 0.15) is 111 Å². The van der Waals surface area contributed by atoms with Crippen molar-refractivity contribution in [2.24, 2.45) is 5.41 Å². The number of sulfonamides is 1. The van der Waals surface area contributed by atoms with Crippen molar-refractivity contribution in [2.45, 2.75) is 126 Å². The number of nitrogens with one attached hydrogen (secondary N) is 1. The van der Waals surface area contributed by atoms with Gasteiger partial charge in [-0.1, -0.05) is 25.3 Å². The van der Waals surface area contributed by atoms with Crippen molar-refractivity contribution in [3.63, 3.8) is 0 Å². The van der Waals surface area contributed by atoms with Crippen LogP contribution in [0.15, 0.2) is 36.4 Å². The molecule has 6 atom stereocenters. The number of ether oxygens (including phenoxy) is 1. The van der Waals surface area contributed by atoms with E-state index in [1.165, 1.54) is 30.4 Å². The number of likely N-dealkylation sites (N-methyl/N-ethyl adjacent to an activating group) is 1. The Morgan fingerprint density at radius 2 is 1.61 bits per heavy atom. The summed E-state index contributed by atoms with van der Waals surface area (Å²) in [5.74, 6) is 0.935. The van der Waals surface area contributed by atoms with Gasteiger partial charge in [0.15, 0.2) is 0 Å². The minimum atomic E-state index is -3.80. The standard InChI is InChI=1S/C39H48N4O5S/c1-22(2)49(46,47)40-37(44)24-10-12-27-34(18-24)42-21-39(38(45)43-32-16-17-33(43)31-15-14-30(32)41(31)3)20-29(39)28-19-25(48-4)11-13-26(28)36(42)35(27)23-8-6-5-7-9-23/h10-13,18-19,22-23,29-33H,5-9,14-17,20-21H2,1-4H3,(H,40,44)/t29-,30?,31?,32?,33?,39-/m0/s1. The number of benzene rings is 2. The molecule has 0 radical (unpaired) electrons. The van der Waals surface area contributed by atoms with Gasteiger partial charge in [-0.2, -0.15) is 0 Å². The summed E-state index contributed by atoms with van der Waals surface area (Å²) in [5.41, 5.74) is 5.46. The fraction of sp³-hybridized carbons (Fsp3) is 0.590. The first-order valence-electron chi connectivity index (χ1n) is 18.5. The van der Waals surface area contributed by atoms with Crippen LogP contribution in [0.25, 0.3) is 22.2 Å². The molecule has 2 saturated carbocycles. The van der Waals surface area contributed by atoms with Crippen LogP contribution in [-0.2, 0) is 21.4 Å². The van der Waals surface area contributed by atoms with Gasteiger partial charge in [-0.15, -0.1) is 0 Å². The molecule has 260 valence electrons. The zero-order valence-electron chi connectivity index (χ0n) is 29.1. The molecule has 2 aliphatic carbocycles. The van der Waals surface area contributed by atoms with Gasteiger partial charge >= 0.3 is 0 Å². The van der Waals surface area contributed by atoms with E-state index in [1.807, 2.05) is 18.2 Å². The molecule has 4 aliphatic heterocycles. The third-order valence-electron chi connectivity index (χ3n) is 13.5. The first kappa shape index (κ1) is 31.6. The van der Waals surface area contributed by atoms with E-state index in [-0.39, 0.29) is 18.0 Å². The zero-order valence-corrected chi connectivity index (χ0v) is 29.9. The van der Waals surface area contributed by atoms with E-state index < -0.39 is 26.6 Å². The lowest BCUT2D eigenvalue weighted by Gasteiger charge is -2.46. The first-order valence-corrected chi connectivity index (χ1v) is 20.0. The minimum Gasteiger partial charge on any atom is -0.497 e. The summed E-state index contributed by atoms with van der Waals surface area (Å²) in [6, 6.07) is 13.5. The minimum absolute atomic E-state index is 0.0821. The highest BCUT2D eigenvalue weighted by atomic mass is 32.2. The average Bonchev–Trinajstić information content (AvgIpc) is 3.45. The van der Waals surface area contributed by atoms with Crippen LogP contribution in [0, 0.1) is 5.41 Å². The lowest BCUT2D eigenvalue weighted by Crippen LogP contribution is -2.62. The van der Waals surface area contributed by atoms with Gasteiger partial charge in [0.1, 0.15) is 5.75 Å². The van der Waals surface area contributed by atoms with Gasteiger partial charge in [-0.3, -0.25) is 14.5 Å². The van der Waals surface area contributed by atoms with Gasteiger partial charge < -0.3 is 14.2 Å². The highest BCUT2D eigenvalue weighted by Gasteiger charge is 2.67. The van der Waals surface area contributed by atoms with Crippen LogP contribution < -0.4 is 9.46 Å². The molecule has 9 nitrogen and oxygen atoms in total. The summed E-state index contributed by atoms with van der Waals surface area (Å²) in [7, 11) is 0.163. The van der Waals surface area contributed by atoms with Crippen molar-refractivity contribution in [2.75, 3.05) is 14.2 Å². The Kier molecular flexibility index (Phi) is 7.13. The van der Waals surface area contributed by atoms with Gasteiger partial charge in [0, 0.05) is 58.7 Å². The molecule has 3 aromatic rings. The topological polar surface area (TPSA) is 101 Å². The number of hydrogen-bond donors (Lipinski definition) is 1. The highest BCUT2D eigenvalue weighted by molar-refractivity contribution is 7.90. The molecule has 9 rings (SSSR count). The third kappa shape index (κ3) is 4.54. The number of rotatable bonds is 6. The normalized spacial score (nSPS) is 30.6. The van der Waals surface area contributed by atoms with E-state index in [0.717, 1.165) is 72.9 Å². The quantitative estimate of drug-likeness (QED) is 0.334.